The first-order valence-electron chi connectivity index (χ1n) is 21.5. The van der Waals surface area contributed by atoms with Gasteiger partial charge in [0.15, 0.2) is 0 Å². The number of primary amides is 1. The van der Waals surface area contributed by atoms with E-state index in [4.69, 9.17) is 5.73 Å². The van der Waals surface area contributed by atoms with Gasteiger partial charge in [0, 0.05) is 32.6 Å². The zero-order valence-electron chi connectivity index (χ0n) is 37.6. The van der Waals surface area contributed by atoms with E-state index in [1.807, 2.05) is 0 Å². The number of carboxylic acids is 3. The van der Waals surface area contributed by atoms with E-state index in [0.717, 1.165) is 0 Å². The number of carboxylic acid groups (broad SMARTS) is 3. The zero-order chi connectivity index (χ0) is 51.2. The van der Waals surface area contributed by atoms with E-state index in [0.29, 0.717) is 16.7 Å². The third-order valence-electron chi connectivity index (χ3n) is 10.2. The van der Waals surface area contributed by atoms with Crippen molar-refractivity contribution in [3.05, 3.63) is 108 Å². The molecule has 8 atom stereocenters. The quantitative estimate of drug-likeness (QED) is 0.0368. The molecule has 0 saturated heterocycles. The molecule has 8 amide bonds. The van der Waals surface area contributed by atoms with Crippen LogP contribution in [-0.2, 0) is 72.0 Å². The molecule has 0 radical (unpaired) electrons. The first-order chi connectivity index (χ1) is 32.6. The monoisotopic (exact) mass is 960 g/mol. The fraction of sp³-hybridized carbons (Fsp3) is 0.370. The molecule has 0 saturated carbocycles. The zero-order valence-corrected chi connectivity index (χ0v) is 37.6. The van der Waals surface area contributed by atoms with E-state index in [1.165, 1.54) is 13.8 Å². The number of nitrogens with one attached hydrogen (secondary N) is 7. The second-order valence-electron chi connectivity index (χ2n) is 15.9. The summed E-state index contributed by atoms with van der Waals surface area (Å²) in [4.78, 5) is 142. The Hall–Kier alpha value is -8.21. The molecule has 0 fully saturated rings. The normalized spacial score (nSPS) is 14.2. The molecule has 0 bridgehead atoms. The second-order valence-corrected chi connectivity index (χ2v) is 15.9. The summed E-state index contributed by atoms with van der Waals surface area (Å²) in [5.74, 6) is -13.2. The Bertz CT molecular complexity index is 2300. The topological polar surface area (TPSA) is 379 Å². The molecule has 13 N–H and O–H groups in total. The molecule has 0 aliphatic heterocycles. The molecule has 0 aliphatic rings. The maximum absolute atomic E-state index is 14.1. The summed E-state index contributed by atoms with van der Waals surface area (Å²) in [5.41, 5.74) is 7.03. The van der Waals surface area contributed by atoms with E-state index >= 15 is 0 Å². The van der Waals surface area contributed by atoms with Gasteiger partial charge in [0.1, 0.15) is 42.3 Å². The number of benzene rings is 3. The van der Waals surface area contributed by atoms with Crippen LogP contribution in [0.25, 0.3) is 0 Å². The Morgan fingerprint density at radius 3 is 1.23 bits per heavy atom. The largest absolute Gasteiger partial charge is 0.481 e. The number of hydrogen-bond acceptors (Lipinski definition) is 12. The molecule has 23 heteroatoms. The summed E-state index contributed by atoms with van der Waals surface area (Å²) in [6, 6.07) is 12.8. The summed E-state index contributed by atoms with van der Waals surface area (Å²) in [5, 5.41) is 55.6. The van der Waals surface area contributed by atoms with Crippen LogP contribution in [0.4, 0.5) is 0 Å². The van der Waals surface area contributed by atoms with E-state index < -0.39 is 139 Å². The van der Waals surface area contributed by atoms with Gasteiger partial charge in [-0.15, -0.1) is 0 Å². The first kappa shape index (κ1) is 55.1. The van der Waals surface area contributed by atoms with Crippen molar-refractivity contribution in [1.29, 1.82) is 0 Å². The predicted octanol–water partition coefficient (Wildman–Crippen LogP) is -2.19. The summed E-state index contributed by atoms with van der Waals surface area (Å²) < 4.78 is 0. The van der Waals surface area contributed by atoms with Crippen LogP contribution in [0, 0.1) is 0 Å². The van der Waals surface area contributed by atoms with Crippen LogP contribution in [0.3, 0.4) is 0 Å². The lowest BCUT2D eigenvalue weighted by Crippen LogP contribution is -2.62. The van der Waals surface area contributed by atoms with Gasteiger partial charge in [0.05, 0.1) is 18.9 Å². The minimum atomic E-state index is -1.96. The number of nitrogens with two attached hydrogens (primary N) is 1. The Kier molecular flexibility index (Phi) is 21.9. The summed E-state index contributed by atoms with van der Waals surface area (Å²) >= 11 is 0. The number of aliphatic hydroxyl groups is 1. The van der Waals surface area contributed by atoms with Gasteiger partial charge in [0.2, 0.25) is 47.3 Å². The molecular formula is C46H56N8O15. The average molecular weight is 961 g/mol. The van der Waals surface area contributed by atoms with E-state index in [2.05, 4.69) is 37.2 Å². The van der Waals surface area contributed by atoms with Gasteiger partial charge < -0.3 is 63.4 Å². The average Bonchev–Trinajstić information content (AvgIpc) is 3.28. The maximum Gasteiger partial charge on any atom is 0.326 e. The molecule has 0 unspecified atom stereocenters. The van der Waals surface area contributed by atoms with Crippen LogP contribution in [-0.4, -0.2) is 134 Å². The Labute approximate surface area is 395 Å². The van der Waals surface area contributed by atoms with Gasteiger partial charge in [0.25, 0.3) is 0 Å². The lowest BCUT2D eigenvalue weighted by Gasteiger charge is -2.28. The van der Waals surface area contributed by atoms with Crippen molar-refractivity contribution in [3.8, 4) is 0 Å². The molecule has 3 rings (SSSR count). The Balaban J connectivity index is 1.88. The number of carbonyl (C=O) groups excluding carboxylic acids is 8. The van der Waals surface area contributed by atoms with Gasteiger partial charge in [-0.25, -0.2) is 4.79 Å². The highest BCUT2D eigenvalue weighted by Gasteiger charge is 2.36. The molecule has 69 heavy (non-hydrogen) atoms. The lowest BCUT2D eigenvalue weighted by atomic mass is 10.0. The fourth-order valence-electron chi connectivity index (χ4n) is 6.75. The molecule has 0 spiro atoms. The molecule has 0 aliphatic carbocycles. The first-order valence-corrected chi connectivity index (χ1v) is 21.5. The van der Waals surface area contributed by atoms with Crippen LogP contribution in [0.5, 0.6) is 0 Å². The number of hydrogen-bond donors (Lipinski definition) is 12. The number of aliphatic carboxylic acids is 3. The van der Waals surface area contributed by atoms with E-state index in [-0.39, 0.29) is 19.3 Å². The van der Waals surface area contributed by atoms with Crippen molar-refractivity contribution >= 4 is 65.2 Å². The SMILES string of the molecule is CC(=O)N[C@@H](Cc1ccccc1)C(=O)N[C@H](C(=O)N[C@@H](Cc1ccccc1)C(=O)N[C@@H](CC(N)=O)C(=O)N[C@@H](CCC(=O)O)C(=O)N[C@@H](CC(=O)O)C(=O)N[C@@H](Cc1ccccc1)C(=O)O)[C@@H](C)O. The maximum atomic E-state index is 14.1. The second kappa shape index (κ2) is 27.4. The van der Waals surface area contributed by atoms with Crippen molar-refractivity contribution in [1.82, 2.24) is 37.2 Å². The molecular weight excluding hydrogens is 905 g/mol. The summed E-state index contributed by atoms with van der Waals surface area (Å²) in [6.45, 7) is 2.36. The third-order valence-corrected chi connectivity index (χ3v) is 10.2. The van der Waals surface area contributed by atoms with Crippen LogP contribution < -0.4 is 43.0 Å². The molecule has 370 valence electrons. The van der Waals surface area contributed by atoms with E-state index in [1.54, 1.807) is 91.0 Å². The molecule has 0 aromatic heterocycles. The van der Waals surface area contributed by atoms with Gasteiger partial charge in [-0.1, -0.05) is 91.0 Å². The van der Waals surface area contributed by atoms with Crippen LogP contribution in [0.15, 0.2) is 91.0 Å². The van der Waals surface area contributed by atoms with Crippen molar-refractivity contribution in [2.75, 3.05) is 0 Å². The van der Waals surface area contributed by atoms with Crippen molar-refractivity contribution in [2.45, 2.75) is 107 Å². The summed E-state index contributed by atoms with van der Waals surface area (Å²) in [6.07, 6.45) is -5.60. The van der Waals surface area contributed by atoms with E-state index in [9.17, 15) is 73.2 Å². The third kappa shape index (κ3) is 19.7. The molecule has 23 nitrogen and oxygen atoms in total. The Morgan fingerprint density at radius 2 is 0.826 bits per heavy atom. The number of rotatable bonds is 28. The van der Waals surface area contributed by atoms with Crippen molar-refractivity contribution < 1.29 is 73.2 Å². The van der Waals surface area contributed by atoms with Crippen LogP contribution in [0.1, 0.15) is 56.2 Å². The number of amides is 8. The summed E-state index contributed by atoms with van der Waals surface area (Å²) in [7, 11) is 0. The van der Waals surface area contributed by atoms with Gasteiger partial charge >= 0.3 is 17.9 Å². The molecule has 0 heterocycles. The van der Waals surface area contributed by atoms with Crippen LogP contribution in [0.2, 0.25) is 0 Å². The highest BCUT2D eigenvalue weighted by Crippen LogP contribution is 2.10. The van der Waals surface area contributed by atoms with Crippen molar-refractivity contribution in [3.63, 3.8) is 0 Å². The lowest BCUT2D eigenvalue weighted by molar-refractivity contribution is -0.143. The van der Waals surface area contributed by atoms with Gasteiger partial charge in [-0.2, -0.15) is 0 Å². The smallest absolute Gasteiger partial charge is 0.326 e. The molecule has 3 aromatic carbocycles. The predicted molar refractivity (Wildman–Crippen MR) is 242 cm³/mol. The van der Waals surface area contributed by atoms with Crippen LogP contribution >= 0.6 is 0 Å². The highest BCUT2D eigenvalue weighted by atomic mass is 16.4. The number of carbonyl (C=O) groups is 11. The fourth-order valence-corrected chi connectivity index (χ4v) is 6.75. The molecule has 3 aromatic rings. The Morgan fingerprint density at radius 1 is 0.464 bits per heavy atom. The van der Waals surface area contributed by atoms with Crippen molar-refractivity contribution in [2.24, 2.45) is 5.73 Å². The standard InChI is InChI=1S/C46H56N8O15/c1-25(55)39(54-44(66)31(48-26(2)56)20-27-12-6-3-7-13-27)45(67)52-32(21-28-14-8-4-9-15-28)41(63)50-33(23-36(47)57)42(64)49-30(18-19-37(58)59)40(62)51-34(24-38(60)61)43(65)53-35(46(68)69)22-29-16-10-5-11-17-29/h3-17,25,30-35,39,55H,18-24H2,1-2H3,(H2,47,57)(H,48,56)(H,49,64)(H,50,63)(H,51,62)(H,52,67)(H,53,65)(H,54,66)(H,58,59)(H,60,61)(H,68,69)/t25-,30+,31+,32+,33+,34+,35+,39+/m1/s1. The minimum Gasteiger partial charge on any atom is -0.481 e. The minimum absolute atomic E-state index is 0.00221. The van der Waals surface area contributed by atoms with Gasteiger partial charge in [-0.3, -0.25) is 47.9 Å². The highest BCUT2D eigenvalue weighted by molar-refractivity contribution is 5.99. The van der Waals surface area contributed by atoms with Gasteiger partial charge in [-0.05, 0) is 30.0 Å². The number of aliphatic hydroxyl groups excluding tert-OH is 1.